The molecule has 2 N–H and O–H groups in total. The van der Waals surface area contributed by atoms with Crippen LogP contribution in [-0.2, 0) is 14.3 Å². The number of para-hydroxylation sites is 1. The Hall–Kier alpha value is -3.61. The molecule has 0 aliphatic heterocycles. The normalized spacial score (nSPS) is 10.4. The van der Waals surface area contributed by atoms with Gasteiger partial charge in [0, 0.05) is 17.3 Å². The third-order valence-corrected chi connectivity index (χ3v) is 3.36. The molecule has 0 radical (unpaired) electrons. The van der Waals surface area contributed by atoms with Gasteiger partial charge in [-0.1, -0.05) is 18.2 Å². The predicted octanol–water partition coefficient (Wildman–Crippen LogP) is 2.98. The number of ether oxygens (including phenoxy) is 2. The van der Waals surface area contributed by atoms with E-state index in [1.54, 1.807) is 55.5 Å². The molecule has 0 aromatic heterocycles. The van der Waals surface area contributed by atoms with E-state index in [4.69, 9.17) is 14.6 Å². The first-order valence-corrected chi connectivity index (χ1v) is 8.19. The lowest BCUT2D eigenvalue weighted by Gasteiger charge is -2.10. The summed E-state index contributed by atoms with van der Waals surface area (Å²) in [5.74, 6) is -1.50. The van der Waals surface area contributed by atoms with E-state index < -0.39 is 17.8 Å². The highest BCUT2D eigenvalue weighted by molar-refractivity contribution is 5.93. The summed E-state index contributed by atoms with van der Waals surface area (Å²) in [6.07, 6.45) is 2.39. The molecule has 0 fully saturated rings. The van der Waals surface area contributed by atoms with E-state index >= 15 is 0 Å². The van der Waals surface area contributed by atoms with Crippen LogP contribution in [0.25, 0.3) is 6.08 Å². The predicted molar refractivity (Wildman–Crippen MR) is 99.6 cm³/mol. The second-order valence-corrected chi connectivity index (χ2v) is 5.34. The third-order valence-electron chi connectivity index (χ3n) is 3.36. The topological polar surface area (TPSA) is 102 Å². The van der Waals surface area contributed by atoms with E-state index in [1.165, 1.54) is 6.08 Å². The van der Waals surface area contributed by atoms with Gasteiger partial charge < -0.3 is 19.9 Å². The number of rotatable bonds is 8. The highest BCUT2D eigenvalue weighted by Gasteiger charge is 2.08. The van der Waals surface area contributed by atoms with E-state index in [-0.39, 0.29) is 13.2 Å². The maximum absolute atomic E-state index is 12.0. The van der Waals surface area contributed by atoms with Crippen molar-refractivity contribution < 1.29 is 29.0 Å². The highest BCUT2D eigenvalue weighted by Crippen LogP contribution is 2.19. The Morgan fingerprint density at radius 1 is 1.07 bits per heavy atom. The molecule has 0 unspecified atom stereocenters. The standard InChI is InChI=1S/C20H19NO6/c1-2-26-20(25)15-7-10-16(11-8-15)21-18(22)13-27-17-6-4-3-5-14(17)9-12-19(23)24/h3-12H,2,13H2,1H3,(H,21,22)(H,23,24). The van der Waals surface area contributed by atoms with Crippen LogP contribution in [-0.4, -0.2) is 36.2 Å². The molecule has 0 spiro atoms. The maximum Gasteiger partial charge on any atom is 0.338 e. The van der Waals surface area contributed by atoms with Crippen LogP contribution in [0.2, 0.25) is 0 Å². The molecule has 27 heavy (non-hydrogen) atoms. The molecule has 0 saturated heterocycles. The monoisotopic (exact) mass is 369 g/mol. The lowest BCUT2D eigenvalue weighted by Crippen LogP contribution is -2.20. The average molecular weight is 369 g/mol. The SMILES string of the molecule is CCOC(=O)c1ccc(NC(=O)COc2ccccc2C=CC(=O)O)cc1. The number of amides is 1. The van der Waals surface area contributed by atoms with Gasteiger partial charge in [0.15, 0.2) is 6.61 Å². The summed E-state index contributed by atoms with van der Waals surface area (Å²) in [7, 11) is 0. The van der Waals surface area contributed by atoms with Crippen molar-refractivity contribution in [1.29, 1.82) is 0 Å². The number of nitrogens with one attached hydrogen (secondary N) is 1. The minimum Gasteiger partial charge on any atom is -0.483 e. The number of hydrogen-bond donors (Lipinski definition) is 2. The lowest BCUT2D eigenvalue weighted by atomic mass is 10.2. The fraction of sp³-hybridized carbons (Fsp3) is 0.150. The molecule has 0 saturated carbocycles. The smallest absolute Gasteiger partial charge is 0.338 e. The Kier molecular flexibility index (Phi) is 7.13. The zero-order valence-corrected chi connectivity index (χ0v) is 14.7. The summed E-state index contributed by atoms with van der Waals surface area (Å²) in [5, 5.41) is 11.4. The van der Waals surface area contributed by atoms with Crippen molar-refractivity contribution in [2.24, 2.45) is 0 Å². The quantitative estimate of drug-likeness (QED) is 0.548. The van der Waals surface area contributed by atoms with Crippen LogP contribution in [0.3, 0.4) is 0 Å². The van der Waals surface area contributed by atoms with Gasteiger partial charge in [-0.25, -0.2) is 9.59 Å². The van der Waals surface area contributed by atoms with Crippen molar-refractivity contribution in [2.45, 2.75) is 6.92 Å². The summed E-state index contributed by atoms with van der Waals surface area (Å²) in [5.41, 5.74) is 1.45. The molecule has 0 aliphatic rings. The van der Waals surface area contributed by atoms with E-state index in [2.05, 4.69) is 5.32 Å². The van der Waals surface area contributed by atoms with Crippen molar-refractivity contribution in [3.63, 3.8) is 0 Å². The molecule has 0 atom stereocenters. The zero-order valence-electron chi connectivity index (χ0n) is 14.7. The first-order valence-electron chi connectivity index (χ1n) is 8.19. The van der Waals surface area contributed by atoms with E-state index in [0.717, 1.165) is 6.08 Å². The number of carboxylic acids is 1. The number of carbonyl (C=O) groups excluding carboxylic acids is 2. The molecule has 2 aromatic rings. The molecule has 7 nitrogen and oxygen atoms in total. The minimum absolute atomic E-state index is 0.252. The Balaban J connectivity index is 1.93. The van der Waals surface area contributed by atoms with Gasteiger partial charge >= 0.3 is 11.9 Å². The first-order chi connectivity index (χ1) is 13.0. The number of anilines is 1. The molecular weight excluding hydrogens is 350 g/mol. The van der Waals surface area contributed by atoms with Crippen molar-refractivity contribution in [2.75, 3.05) is 18.5 Å². The molecular formula is C20H19NO6. The van der Waals surface area contributed by atoms with Crippen molar-refractivity contribution in [3.8, 4) is 5.75 Å². The van der Waals surface area contributed by atoms with Crippen molar-refractivity contribution in [1.82, 2.24) is 0 Å². The molecule has 2 aromatic carbocycles. The van der Waals surface area contributed by atoms with Crippen LogP contribution < -0.4 is 10.1 Å². The molecule has 7 heteroatoms. The van der Waals surface area contributed by atoms with Crippen LogP contribution in [0.1, 0.15) is 22.8 Å². The maximum atomic E-state index is 12.0. The average Bonchev–Trinajstić information content (AvgIpc) is 2.66. The Morgan fingerprint density at radius 3 is 2.44 bits per heavy atom. The summed E-state index contributed by atoms with van der Waals surface area (Å²) in [6, 6.07) is 13.1. The minimum atomic E-state index is -1.08. The van der Waals surface area contributed by atoms with Gasteiger partial charge in [0.05, 0.1) is 12.2 Å². The van der Waals surface area contributed by atoms with Gasteiger partial charge in [-0.3, -0.25) is 4.79 Å². The number of benzene rings is 2. The van der Waals surface area contributed by atoms with Gasteiger partial charge in [0.1, 0.15) is 5.75 Å². The summed E-state index contributed by atoms with van der Waals surface area (Å²) in [6.45, 7) is 1.76. The van der Waals surface area contributed by atoms with Crippen molar-refractivity contribution >= 4 is 29.6 Å². The second-order valence-electron chi connectivity index (χ2n) is 5.34. The number of carbonyl (C=O) groups is 3. The van der Waals surface area contributed by atoms with E-state index in [0.29, 0.717) is 22.6 Å². The largest absolute Gasteiger partial charge is 0.483 e. The number of esters is 1. The Morgan fingerprint density at radius 2 is 1.78 bits per heavy atom. The van der Waals surface area contributed by atoms with E-state index in [9.17, 15) is 14.4 Å². The first kappa shape index (κ1) is 19.7. The van der Waals surface area contributed by atoms with Gasteiger partial charge in [-0.05, 0) is 43.3 Å². The van der Waals surface area contributed by atoms with Crippen LogP contribution >= 0.6 is 0 Å². The molecule has 0 heterocycles. The molecule has 0 bridgehead atoms. The van der Waals surface area contributed by atoms with Gasteiger partial charge in [0.25, 0.3) is 5.91 Å². The number of aliphatic carboxylic acids is 1. The highest BCUT2D eigenvalue weighted by atomic mass is 16.5. The van der Waals surface area contributed by atoms with Gasteiger partial charge in [-0.15, -0.1) is 0 Å². The Bertz CT molecular complexity index is 842. The Labute approximate surface area is 156 Å². The number of carboxylic acid groups (broad SMARTS) is 1. The number of hydrogen-bond acceptors (Lipinski definition) is 5. The van der Waals surface area contributed by atoms with Crippen LogP contribution in [0.15, 0.2) is 54.6 Å². The second kappa shape index (κ2) is 9.76. The van der Waals surface area contributed by atoms with Crippen LogP contribution in [0.4, 0.5) is 5.69 Å². The molecule has 1 amide bonds. The van der Waals surface area contributed by atoms with Crippen LogP contribution in [0.5, 0.6) is 5.75 Å². The summed E-state index contributed by atoms with van der Waals surface area (Å²) < 4.78 is 10.4. The zero-order chi connectivity index (χ0) is 19.6. The van der Waals surface area contributed by atoms with Gasteiger partial charge in [0.2, 0.25) is 0 Å². The molecule has 2 rings (SSSR count). The van der Waals surface area contributed by atoms with Crippen molar-refractivity contribution in [3.05, 3.63) is 65.7 Å². The molecule has 0 aliphatic carbocycles. The van der Waals surface area contributed by atoms with Gasteiger partial charge in [-0.2, -0.15) is 0 Å². The summed E-state index contributed by atoms with van der Waals surface area (Å²) in [4.78, 5) is 34.3. The fourth-order valence-electron chi connectivity index (χ4n) is 2.16. The van der Waals surface area contributed by atoms with E-state index in [1.807, 2.05) is 0 Å². The van der Waals surface area contributed by atoms with Crippen LogP contribution in [0, 0.1) is 0 Å². The summed E-state index contributed by atoms with van der Waals surface area (Å²) >= 11 is 0. The lowest BCUT2D eigenvalue weighted by molar-refractivity contribution is -0.131. The fourth-order valence-corrected chi connectivity index (χ4v) is 2.16. The third kappa shape index (κ3) is 6.32. The molecule has 140 valence electrons.